The number of carbonyl (C=O) groups is 1. The molecule has 1 amide bonds. The van der Waals surface area contributed by atoms with Crippen LogP contribution in [0.4, 0.5) is 11.4 Å². The molecule has 0 bridgehead atoms. The molecule has 0 atom stereocenters. The van der Waals surface area contributed by atoms with Gasteiger partial charge in [0.05, 0.1) is 4.92 Å². The molecule has 18 heavy (non-hydrogen) atoms. The lowest BCUT2D eigenvalue weighted by molar-refractivity contribution is -0.384. The van der Waals surface area contributed by atoms with Crippen molar-refractivity contribution in [2.75, 3.05) is 26.0 Å². The number of halogens is 1. The van der Waals surface area contributed by atoms with Gasteiger partial charge in [-0.2, -0.15) is 0 Å². The molecule has 0 radical (unpaired) electrons. The van der Waals surface area contributed by atoms with Gasteiger partial charge in [0.25, 0.3) is 5.69 Å². The van der Waals surface area contributed by atoms with Gasteiger partial charge in [-0.1, -0.05) is 0 Å². The molecule has 0 heterocycles. The highest BCUT2D eigenvalue weighted by Gasteiger charge is 2.14. The smallest absolute Gasteiger partial charge is 0.293 e. The molecular weight excluding hydrogens is 349 g/mol. The van der Waals surface area contributed by atoms with Crippen LogP contribution in [0.1, 0.15) is 6.42 Å². The second kappa shape index (κ2) is 6.53. The number of benzene rings is 1. The van der Waals surface area contributed by atoms with Crippen molar-refractivity contribution in [1.82, 2.24) is 4.90 Å². The van der Waals surface area contributed by atoms with Crippen molar-refractivity contribution < 1.29 is 9.72 Å². The van der Waals surface area contributed by atoms with Gasteiger partial charge in [-0.3, -0.25) is 14.9 Å². The SMILES string of the molecule is CN(C)C(=O)CCNc1ccc(I)cc1[N+](=O)[O-]. The Morgan fingerprint density at radius 2 is 2.17 bits per heavy atom. The Bertz CT molecular complexity index is 463. The maximum Gasteiger partial charge on any atom is 0.293 e. The quantitative estimate of drug-likeness (QED) is 0.494. The van der Waals surface area contributed by atoms with E-state index in [-0.39, 0.29) is 11.6 Å². The van der Waals surface area contributed by atoms with Crippen LogP contribution in [0.5, 0.6) is 0 Å². The van der Waals surface area contributed by atoms with Crippen molar-refractivity contribution >= 4 is 39.9 Å². The monoisotopic (exact) mass is 363 g/mol. The van der Waals surface area contributed by atoms with Gasteiger partial charge >= 0.3 is 0 Å². The molecule has 0 aliphatic heterocycles. The molecule has 98 valence electrons. The Kier molecular flexibility index (Phi) is 5.32. The average molecular weight is 363 g/mol. The fraction of sp³-hybridized carbons (Fsp3) is 0.364. The van der Waals surface area contributed by atoms with Crippen molar-refractivity contribution in [2.45, 2.75) is 6.42 Å². The second-order valence-electron chi connectivity index (χ2n) is 3.88. The number of nitrogens with zero attached hydrogens (tertiary/aromatic N) is 2. The topological polar surface area (TPSA) is 75.5 Å². The summed E-state index contributed by atoms with van der Waals surface area (Å²) in [5, 5.41) is 13.8. The predicted octanol–water partition coefficient (Wildman–Crippen LogP) is 2.09. The number of nitro benzene ring substituents is 1. The molecule has 0 aliphatic carbocycles. The molecular formula is C11H14IN3O3. The Morgan fingerprint density at radius 1 is 1.50 bits per heavy atom. The third-order valence-electron chi connectivity index (χ3n) is 2.31. The molecule has 0 fully saturated rings. The fourth-order valence-electron chi connectivity index (χ4n) is 1.33. The minimum atomic E-state index is -0.432. The molecule has 0 aliphatic rings. The van der Waals surface area contributed by atoms with E-state index >= 15 is 0 Å². The standard InChI is InChI=1S/C11H14IN3O3/c1-14(2)11(16)5-6-13-9-4-3-8(12)7-10(9)15(17)18/h3-4,7,13H,5-6H2,1-2H3. The number of carbonyl (C=O) groups excluding carboxylic acids is 1. The van der Waals surface area contributed by atoms with E-state index < -0.39 is 4.92 Å². The number of nitrogens with one attached hydrogen (secondary N) is 1. The molecule has 6 nitrogen and oxygen atoms in total. The van der Waals surface area contributed by atoms with Gasteiger partial charge in [0, 0.05) is 36.7 Å². The van der Waals surface area contributed by atoms with E-state index in [0.717, 1.165) is 3.57 Å². The van der Waals surface area contributed by atoms with Crippen LogP contribution in [-0.2, 0) is 4.79 Å². The summed E-state index contributed by atoms with van der Waals surface area (Å²) in [6, 6.07) is 4.93. The van der Waals surface area contributed by atoms with Crippen LogP contribution >= 0.6 is 22.6 Å². The van der Waals surface area contributed by atoms with E-state index in [1.807, 2.05) is 22.6 Å². The van der Waals surface area contributed by atoms with Crippen LogP contribution in [-0.4, -0.2) is 36.4 Å². The van der Waals surface area contributed by atoms with Gasteiger partial charge in [-0.15, -0.1) is 0 Å². The Balaban J connectivity index is 2.68. The predicted molar refractivity (Wildman–Crippen MR) is 77.6 cm³/mol. The summed E-state index contributed by atoms with van der Waals surface area (Å²) in [5.74, 6) is -0.0179. The van der Waals surface area contributed by atoms with Crippen LogP contribution in [0.3, 0.4) is 0 Å². The summed E-state index contributed by atoms with van der Waals surface area (Å²) in [7, 11) is 3.35. The molecule has 7 heteroatoms. The Hall–Kier alpha value is -1.38. The molecule has 0 saturated heterocycles. The van der Waals surface area contributed by atoms with Crippen molar-refractivity contribution in [1.29, 1.82) is 0 Å². The first-order valence-electron chi connectivity index (χ1n) is 5.30. The van der Waals surface area contributed by atoms with Crippen molar-refractivity contribution in [3.05, 3.63) is 31.9 Å². The van der Waals surface area contributed by atoms with Crippen LogP contribution < -0.4 is 5.32 Å². The summed E-state index contributed by atoms with van der Waals surface area (Å²) < 4.78 is 0.800. The number of anilines is 1. The summed E-state index contributed by atoms with van der Waals surface area (Å²) in [4.78, 5) is 23.3. The molecule has 1 N–H and O–H groups in total. The highest BCUT2D eigenvalue weighted by atomic mass is 127. The minimum Gasteiger partial charge on any atom is -0.379 e. The summed E-state index contributed by atoms with van der Waals surface area (Å²) in [6.07, 6.45) is 0.302. The minimum absolute atomic E-state index is 0.0179. The highest BCUT2D eigenvalue weighted by Crippen LogP contribution is 2.26. The van der Waals surface area contributed by atoms with Gasteiger partial charge < -0.3 is 10.2 Å². The largest absolute Gasteiger partial charge is 0.379 e. The lowest BCUT2D eigenvalue weighted by Gasteiger charge is -2.11. The lowest BCUT2D eigenvalue weighted by atomic mass is 10.2. The molecule has 0 spiro atoms. The van der Waals surface area contributed by atoms with Gasteiger partial charge in [0.2, 0.25) is 5.91 Å². The van der Waals surface area contributed by atoms with Crippen molar-refractivity contribution in [2.24, 2.45) is 0 Å². The number of nitro groups is 1. The Morgan fingerprint density at radius 3 is 2.72 bits per heavy atom. The molecule has 0 saturated carbocycles. The molecule has 0 unspecified atom stereocenters. The van der Waals surface area contributed by atoms with E-state index in [9.17, 15) is 14.9 Å². The molecule has 1 aromatic rings. The summed E-state index contributed by atoms with van der Waals surface area (Å²) in [6.45, 7) is 0.373. The van der Waals surface area contributed by atoms with E-state index in [1.165, 1.54) is 11.0 Å². The van der Waals surface area contributed by atoms with E-state index in [0.29, 0.717) is 18.7 Å². The van der Waals surface area contributed by atoms with Crippen LogP contribution in [0.25, 0.3) is 0 Å². The van der Waals surface area contributed by atoms with Gasteiger partial charge in [0.1, 0.15) is 5.69 Å². The fourth-order valence-corrected chi connectivity index (χ4v) is 1.81. The summed E-state index contributed by atoms with van der Waals surface area (Å²) >= 11 is 2.02. The zero-order chi connectivity index (χ0) is 13.7. The number of hydrogen-bond donors (Lipinski definition) is 1. The van der Waals surface area contributed by atoms with Crippen LogP contribution in [0.15, 0.2) is 18.2 Å². The maximum absolute atomic E-state index is 11.4. The van der Waals surface area contributed by atoms with Crippen LogP contribution in [0, 0.1) is 13.7 Å². The van der Waals surface area contributed by atoms with Crippen molar-refractivity contribution in [3.63, 3.8) is 0 Å². The first kappa shape index (κ1) is 14.7. The zero-order valence-electron chi connectivity index (χ0n) is 10.1. The first-order valence-corrected chi connectivity index (χ1v) is 6.37. The second-order valence-corrected chi connectivity index (χ2v) is 5.13. The number of amides is 1. The van der Waals surface area contributed by atoms with Crippen molar-refractivity contribution in [3.8, 4) is 0 Å². The maximum atomic E-state index is 11.4. The van der Waals surface area contributed by atoms with Crippen LogP contribution in [0.2, 0.25) is 0 Å². The molecule has 1 aromatic carbocycles. The zero-order valence-corrected chi connectivity index (χ0v) is 12.3. The average Bonchev–Trinajstić information content (AvgIpc) is 2.30. The number of rotatable bonds is 5. The van der Waals surface area contributed by atoms with Gasteiger partial charge in [0.15, 0.2) is 0 Å². The summed E-state index contributed by atoms with van der Waals surface area (Å²) in [5.41, 5.74) is 0.464. The normalized spacial score (nSPS) is 9.94. The molecule has 0 aromatic heterocycles. The van der Waals surface area contributed by atoms with Gasteiger partial charge in [-0.05, 0) is 34.7 Å². The molecule has 1 rings (SSSR count). The Labute approximate surface area is 119 Å². The third-order valence-corrected chi connectivity index (χ3v) is 2.98. The third kappa shape index (κ3) is 4.13. The highest BCUT2D eigenvalue weighted by molar-refractivity contribution is 14.1. The van der Waals surface area contributed by atoms with E-state index in [2.05, 4.69) is 5.32 Å². The number of hydrogen-bond acceptors (Lipinski definition) is 4. The van der Waals surface area contributed by atoms with Gasteiger partial charge in [-0.25, -0.2) is 0 Å². The lowest BCUT2D eigenvalue weighted by Crippen LogP contribution is -2.24. The van der Waals surface area contributed by atoms with E-state index in [1.54, 1.807) is 26.2 Å². The first-order chi connectivity index (χ1) is 8.41. The van der Waals surface area contributed by atoms with E-state index in [4.69, 9.17) is 0 Å².